The summed E-state index contributed by atoms with van der Waals surface area (Å²) in [5, 5.41) is 5.32. The van der Waals surface area contributed by atoms with Crippen molar-refractivity contribution >= 4 is 29.4 Å². The van der Waals surface area contributed by atoms with E-state index in [-0.39, 0.29) is 16.9 Å². The second-order valence-electron chi connectivity index (χ2n) is 7.65. The highest BCUT2D eigenvalue weighted by molar-refractivity contribution is 8.01. The van der Waals surface area contributed by atoms with Gasteiger partial charge in [0.2, 0.25) is 5.13 Å². The molecule has 2 aromatic carbocycles. The van der Waals surface area contributed by atoms with Gasteiger partial charge in [0.15, 0.2) is 6.29 Å². The van der Waals surface area contributed by atoms with E-state index in [1.807, 2.05) is 6.07 Å². The van der Waals surface area contributed by atoms with Crippen LogP contribution in [0.15, 0.2) is 46.7 Å². The molecule has 164 valence electrons. The van der Waals surface area contributed by atoms with Crippen LogP contribution in [-0.2, 0) is 0 Å². The van der Waals surface area contributed by atoms with Crippen molar-refractivity contribution in [2.75, 3.05) is 0 Å². The number of carbonyl (C=O) groups is 1. The number of carbonyl (C=O) groups excluding carboxylic acids is 1. The molecule has 0 atom stereocenters. The zero-order chi connectivity index (χ0) is 23.0. The minimum atomic E-state index is -0.389. The quantitative estimate of drug-likeness (QED) is 0.228. The number of nitrogens with zero attached hydrogens (tertiary/aromatic N) is 3. The topological polar surface area (TPSA) is 47.8 Å². The van der Waals surface area contributed by atoms with Gasteiger partial charge in [-0.2, -0.15) is 5.10 Å². The Labute approximate surface area is 193 Å². The van der Waals surface area contributed by atoms with Gasteiger partial charge < -0.3 is 0 Å². The van der Waals surface area contributed by atoms with Crippen molar-refractivity contribution in [3.05, 3.63) is 71.1 Å². The lowest BCUT2D eigenvalue weighted by Gasteiger charge is -2.05. The van der Waals surface area contributed by atoms with Crippen molar-refractivity contribution < 1.29 is 13.6 Å². The molecule has 0 aliphatic carbocycles. The molecule has 4 nitrogen and oxygen atoms in total. The van der Waals surface area contributed by atoms with E-state index < -0.39 is 0 Å². The number of aryl methyl sites for hydroxylation is 2. The molecule has 32 heavy (non-hydrogen) atoms. The highest BCUT2D eigenvalue weighted by Gasteiger charge is 2.23. The average Bonchev–Trinajstić information content (AvgIpc) is 3.30. The van der Waals surface area contributed by atoms with Gasteiger partial charge >= 0.3 is 0 Å². The third kappa shape index (κ3) is 4.25. The van der Waals surface area contributed by atoms with E-state index in [0.717, 1.165) is 4.21 Å². The van der Waals surface area contributed by atoms with Gasteiger partial charge in [-0.15, -0.1) is 11.8 Å². The standard InChI is InChI=1S/C24H21F2N3OS2/c1-13(2)31-23-22(17-9-8-14(3)19(26)11-17)27-24(32-23)29-20(12-30)21(15(4)28-29)16-6-5-7-18(25)10-16/h5-13H,1-4H3. The molecule has 0 unspecified atom stereocenters. The zero-order valence-corrected chi connectivity index (χ0v) is 19.7. The van der Waals surface area contributed by atoms with Gasteiger partial charge in [0.1, 0.15) is 17.3 Å². The van der Waals surface area contributed by atoms with Crippen LogP contribution in [0.5, 0.6) is 0 Å². The van der Waals surface area contributed by atoms with Gasteiger partial charge in [-0.25, -0.2) is 18.4 Å². The second kappa shape index (κ2) is 8.96. The molecule has 2 aromatic heterocycles. The molecule has 0 aliphatic rings. The van der Waals surface area contributed by atoms with Gasteiger partial charge in [0, 0.05) is 16.4 Å². The number of aldehydes is 1. The van der Waals surface area contributed by atoms with Crippen molar-refractivity contribution in [3.63, 3.8) is 0 Å². The summed E-state index contributed by atoms with van der Waals surface area (Å²) in [6, 6.07) is 11.1. The number of thioether (sulfide) groups is 1. The molecular weight excluding hydrogens is 448 g/mol. The largest absolute Gasteiger partial charge is 0.296 e. The Morgan fingerprint density at radius 3 is 2.53 bits per heavy atom. The Bertz CT molecular complexity index is 1310. The summed E-state index contributed by atoms with van der Waals surface area (Å²) in [6.07, 6.45) is 0.710. The third-order valence-corrected chi connectivity index (χ3v) is 7.12. The summed E-state index contributed by atoms with van der Waals surface area (Å²) in [5.41, 5.74) is 3.91. The van der Waals surface area contributed by atoms with Crippen molar-refractivity contribution in [2.24, 2.45) is 0 Å². The normalized spacial score (nSPS) is 11.3. The lowest BCUT2D eigenvalue weighted by Crippen LogP contribution is -2.01. The predicted molar refractivity (Wildman–Crippen MR) is 126 cm³/mol. The van der Waals surface area contributed by atoms with Gasteiger partial charge in [-0.05, 0) is 43.2 Å². The molecule has 0 aliphatic heterocycles. The van der Waals surface area contributed by atoms with Crippen LogP contribution in [0.4, 0.5) is 8.78 Å². The molecule has 0 N–H and O–H groups in total. The van der Waals surface area contributed by atoms with E-state index in [1.54, 1.807) is 43.8 Å². The summed E-state index contributed by atoms with van der Waals surface area (Å²) < 4.78 is 30.5. The highest BCUT2D eigenvalue weighted by Crippen LogP contribution is 2.41. The maximum absolute atomic E-state index is 14.3. The molecule has 0 saturated carbocycles. The molecule has 0 fully saturated rings. The highest BCUT2D eigenvalue weighted by atomic mass is 32.2. The fraction of sp³-hybridized carbons (Fsp3) is 0.208. The maximum Gasteiger partial charge on any atom is 0.212 e. The smallest absolute Gasteiger partial charge is 0.212 e. The van der Waals surface area contributed by atoms with Crippen molar-refractivity contribution in [3.8, 4) is 27.5 Å². The number of rotatable bonds is 6. The first-order valence-corrected chi connectivity index (χ1v) is 11.7. The van der Waals surface area contributed by atoms with E-state index in [4.69, 9.17) is 4.98 Å². The van der Waals surface area contributed by atoms with Gasteiger partial charge in [-0.1, -0.05) is 49.4 Å². The molecular formula is C24H21F2N3OS2. The first-order valence-electron chi connectivity index (χ1n) is 10.0. The lowest BCUT2D eigenvalue weighted by atomic mass is 10.0. The molecule has 0 radical (unpaired) electrons. The first kappa shape index (κ1) is 22.4. The van der Waals surface area contributed by atoms with Crippen LogP contribution in [0.2, 0.25) is 0 Å². The third-order valence-electron chi connectivity index (χ3n) is 4.88. The number of thiazole rings is 1. The van der Waals surface area contributed by atoms with Crippen LogP contribution in [0.25, 0.3) is 27.5 Å². The number of hydrogen-bond donors (Lipinski definition) is 0. The molecule has 2 heterocycles. The minimum Gasteiger partial charge on any atom is -0.296 e. The van der Waals surface area contributed by atoms with Crippen molar-refractivity contribution in [1.82, 2.24) is 14.8 Å². The van der Waals surface area contributed by atoms with Gasteiger partial charge in [0.05, 0.1) is 15.6 Å². The van der Waals surface area contributed by atoms with Crippen LogP contribution in [0.1, 0.15) is 35.6 Å². The Kier molecular flexibility index (Phi) is 6.26. The number of aromatic nitrogens is 3. The summed E-state index contributed by atoms with van der Waals surface area (Å²) >= 11 is 3.02. The van der Waals surface area contributed by atoms with Crippen LogP contribution in [0, 0.1) is 25.5 Å². The molecule has 4 aromatic rings. The van der Waals surface area contributed by atoms with E-state index in [9.17, 15) is 13.6 Å². The van der Waals surface area contributed by atoms with E-state index in [0.29, 0.717) is 50.8 Å². The predicted octanol–water partition coefficient (Wildman–Crippen LogP) is 6.87. The Hall–Kier alpha value is -2.84. The van der Waals surface area contributed by atoms with Crippen molar-refractivity contribution in [1.29, 1.82) is 0 Å². The van der Waals surface area contributed by atoms with Gasteiger partial charge in [-0.3, -0.25) is 4.79 Å². The lowest BCUT2D eigenvalue weighted by molar-refractivity contribution is 0.111. The van der Waals surface area contributed by atoms with Crippen molar-refractivity contribution in [2.45, 2.75) is 37.2 Å². The summed E-state index contributed by atoms with van der Waals surface area (Å²) in [7, 11) is 0. The summed E-state index contributed by atoms with van der Waals surface area (Å²) in [5.74, 6) is -0.686. The number of halogens is 2. The van der Waals surface area contributed by atoms with E-state index in [1.165, 1.54) is 34.2 Å². The minimum absolute atomic E-state index is 0.282. The molecule has 4 rings (SSSR count). The van der Waals surface area contributed by atoms with E-state index >= 15 is 0 Å². The second-order valence-corrected chi connectivity index (χ2v) is 10.5. The molecule has 0 amide bonds. The monoisotopic (exact) mass is 469 g/mol. The number of hydrogen-bond acceptors (Lipinski definition) is 5. The Balaban J connectivity index is 1.89. The molecule has 0 bridgehead atoms. The fourth-order valence-corrected chi connectivity index (χ4v) is 5.89. The summed E-state index contributed by atoms with van der Waals surface area (Å²) in [4.78, 5) is 16.8. The SMILES string of the molecule is Cc1ccc(-c2nc(-n3nc(C)c(-c4cccc(F)c4)c3C=O)sc2SC(C)C)cc1F. The first-order chi connectivity index (χ1) is 15.3. The van der Waals surface area contributed by atoms with E-state index in [2.05, 4.69) is 18.9 Å². The fourth-order valence-electron chi connectivity index (χ4n) is 3.40. The zero-order valence-electron chi connectivity index (χ0n) is 18.0. The van der Waals surface area contributed by atoms with Crippen LogP contribution < -0.4 is 0 Å². The van der Waals surface area contributed by atoms with Crippen LogP contribution >= 0.6 is 23.1 Å². The summed E-state index contributed by atoms with van der Waals surface area (Å²) in [6.45, 7) is 7.63. The maximum atomic E-state index is 14.3. The van der Waals surface area contributed by atoms with Crippen LogP contribution in [0.3, 0.4) is 0 Å². The average molecular weight is 470 g/mol. The Morgan fingerprint density at radius 2 is 1.88 bits per heavy atom. The van der Waals surface area contributed by atoms with Gasteiger partial charge in [0.25, 0.3) is 0 Å². The molecule has 0 spiro atoms. The van der Waals surface area contributed by atoms with Crippen LogP contribution in [-0.4, -0.2) is 26.3 Å². The molecule has 0 saturated heterocycles. The number of benzene rings is 2. The Morgan fingerprint density at radius 1 is 1.09 bits per heavy atom. The molecule has 8 heteroatoms.